The highest BCUT2D eigenvalue weighted by Crippen LogP contribution is 2.21. The van der Waals surface area contributed by atoms with E-state index in [9.17, 15) is 9.18 Å². The molecule has 0 spiro atoms. The van der Waals surface area contributed by atoms with Gasteiger partial charge in [0.1, 0.15) is 10.8 Å². The number of nitrogens with one attached hydrogen (secondary N) is 2. The molecule has 3 aromatic rings. The number of urea groups is 1. The fourth-order valence-electron chi connectivity index (χ4n) is 2.16. The van der Waals surface area contributed by atoms with Gasteiger partial charge in [0.2, 0.25) is 0 Å². The van der Waals surface area contributed by atoms with Crippen LogP contribution in [-0.2, 0) is 6.54 Å². The zero-order chi connectivity index (χ0) is 17.1. The van der Waals surface area contributed by atoms with E-state index >= 15 is 0 Å². The molecule has 0 bridgehead atoms. The number of aromatic nitrogens is 3. The van der Waals surface area contributed by atoms with Gasteiger partial charge in [-0.25, -0.2) is 18.9 Å². The van der Waals surface area contributed by atoms with Crippen LogP contribution in [0.15, 0.2) is 36.7 Å². The Labute approximate surface area is 142 Å². The van der Waals surface area contributed by atoms with E-state index in [1.165, 1.54) is 23.5 Å². The number of hydrogen-bond acceptors (Lipinski definition) is 4. The predicted octanol–water partition coefficient (Wildman–Crippen LogP) is 3.41. The molecule has 24 heavy (non-hydrogen) atoms. The minimum absolute atomic E-state index is 0.317. The first-order valence-electron chi connectivity index (χ1n) is 7.30. The molecule has 0 unspecified atom stereocenters. The zero-order valence-electron chi connectivity index (χ0n) is 13.2. The van der Waals surface area contributed by atoms with Crippen molar-refractivity contribution in [3.05, 3.63) is 58.1 Å². The lowest BCUT2D eigenvalue weighted by Crippen LogP contribution is -2.28. The summed E-state index contributed by atoms with van der Waals surface area (Å²) in [4.78, 5) is 17.6. The summed E-state index contributed by atoms with van der Waals surface area (Å²) in [6.07, 6.45) is 3.33. The first-order valence-corrected chi connectivity index (χ1v) is 8.12. The number of nitrogens with zero attached hydrogens (tertiary/aromatic N) is 3. The molecule has 124 valence electrons. The van der Waals surface area contributed by atoms with Crippen molar-refractivity contribution in [3.63, 3.8) is 0 Å². The Morgan fingerprint density at radius 3 is 2.88 bits per heavy atom. The van der Waals surface area contributed by atoms with Crippen LogP contribution >= 0.6 is 11.3 Å². The molecule has 0 saturated carbocycles. The lowest BCUT2D eigenvalue weighted by molar-refractivity contribution is 0.251. The summed E-state index contributed by atoms with van der Waals surface area (Å²) >= 11 is 1.54. The molecule has 0 radical (unpaired) electrons. The van der Waals surface area contributed by atoms with E-state index in [1.807, 2.05) is 13.8 Å². The number of carbonyl (C=O) groups is 1. The van der Waals surface area contributed by atoms with Crippen LogP contribution in [0.3, 0.4) is 0 Å². The Bertz CT molecular complexity index is 840. The van der Waals surface area contributed by atoms with E-state index < -0.39 is 11.8 Å². The molecule has 0 fully saturated rings. The summed E-state index contributed by atoms with van der Waals surface area (Å²) in [5, 5.41) is 10.3. The Morgan fingerprint density at radius 1 is 1.38 bits per heavy atom. The molecule has 0 aliphatic heterocycles. The maximum absolute atomic E-state index is 13.5. The van der Waals surface area contributed by atoms with E-state index in [0.717, 1.165) is 15.6 Å². The van der Waals surface area contributed by atoms with Gasteiger partial charge in [-0.2, -0.15) is 5.10 Å². The summed E-state index contributed by atoms with van der Waals surface area (Å²) < 4.78 is 15.1. The monoisotopic (exact) mass is 345 g/mol. The van der Waals surface area contributed by atoms with Gasteiger partial charge in [-0.3, -0.25) is 0 Å². The maximum Gasteiger partial charge on any atom is 0.319 e. The van der Waals surface area contributed by atoms with Gasteiger partial charge in [-0.1, -0.05) is 0 Å². The van der Waals surface area contributed by atoms with E-state index in [2.05, 4.69) is 20.7 Å². The maximum atomic E-state index is 13.5. The van der Waals surface area contributed by atoms with Crippen molar-refractivity contribution >= 4 is 23.1 Å². The molecule has 8 heteroatoms. The Morgan fingerprint density at radius 2 is 2.21 bits per heavy atom. The Hall–Kier alpha value is -2.74. The lowest BCUT2D eigenvalue weighted by Gasteiger charge is -2.12. The number of hydrogen-bond donors (Lipinski definition) is 2. The number of halogens is 1. The molecule has 2 aromatic heterocycles. The number of carbonyl (C=O) groups excluding carboxylic acids is 1. The highest BCUT2D eigenvalue weighted by molar-refractivity contribution is 7.11. The quantitative estimate of drug-likeness (QED) is 0.761. The van der Waals surface area contributed by atoms with E-state index in [-0.39, 0.29) is 0 Å². The number of aryl methyl sites for hydroxylation is 2. The number of amides is 2. The van der Waals surface area contributed by atoms with Gasteiger partial charge in [-0.15, -0.1) is 11.3 Å². The van der Waals surface area contributed by atoms with Gasteiger partial charge >= 0.3 is 6.03 Å². The van der Waals surface area contributed by atoms with Crippen molar-refractivity contribution in [3.8, 4) is 5.69 Å². The Kier molecular flexibility index (Phi) is 4.57. The van der Waals surface area contributed by atoms with Gasteiger partial charge in [0, 0.05) is 17.3 Å². The second-order valence-corrected chi connectivity index (χ2v) is 6.46. The van der Waals surface area contributed by atoms with Crippen LogP contribution in [0.1, 0.15) is 15.6 Å². The first kappa shape index (κ1) is 16.1. The van der Waals surface area contributed by atoms with Crippen LogP contribution in [0.2, 0.25) is 0 Å². The summed E-state index contributed by atoms with van der Waals surface area (Å²) in [5.41, 5.74) is 1.88. The summed E-state index contributed by atoms with van der Waals surface area (Å²) in [6.45, 7) is 4.23. The number of benzene rings is 1. The minimum Gasteiger partial charge on any atom is -0.331 e. The van der Waals surface area contributed by atoms with Crippen molar-refractivity contribution < 1.29 is 9.18 Å². The molecule has 3 rings (SSSR count). The van der Waals surface area contributed by atoms with Crippen LogP contribution in [0, 0.1) is 19.7 Å². The molecule has 2 amide bonds. The fraction of sp³-hybridized carbons (Fsp3) is 0.188. The van der Waals surface area contributed by atoms with Crippen molar-refractivity contribution in [1.82, 2.24) is 20.1 Å². The molecule has 6 nitrogen and oxygen atoms in total. The van der Waals surface area contributed by atoms with Crippen LogP contribution in [0.5, 0.6) is 0 Å². The van der Waals surface area contributed by atoms with E-state index in [4.69, 9.17) is 0 Å². The summed E-state index contributed by atoms with van der Waals surface area (Å²) in [7, 11) is 0. The molecule has 1 aromatic carbocycles. The molecule has 0 aliphatic rings. The topological polar surface area (TPSA) is 71.8 Å². The summed E-state index contributed by atoms with van der Waals surface area (Å²) in [5.74, 6) is -0.438. The van der Waals surface area contributed by atoms with Gasteiger partial charge < -0.3 is 10.6 Å². The molecule has 2 N–H and O–H groups in total. The smallest absolute Gasteiger partial charge is 0.319 e. The first-order chi connectivity index (χ1) is 11.5. The molecular weight excluding hydrogens is 329 g/mol. The van der Waals surface area contributed by atoms with Crippen molar-refractivity contribution in [2.24, 2.45) is 0 Å². The Balaban J connectivity index is 1.71. The third-order valence-corrected chi connectivity index (χ3v) is 4.50. The average molecular weight is 345 g/mol. The van der Waals surface area contributed by atoms with Gasteiger partial charge in [0.15, 0.2) is 0 Å². The van der Waals surface area contributed by atoms with Gasteiger partial charge in [0.25, 0.3) is 0 Å². The van der Waals surface area contributed by atoms with Gasteiger partial charge in [0.05, 0.1) is 23.6 Å². The average Bonchev–Trinajstić information content (AvgIpc) is 3.16. The van der Waals surface area contributed by atoms with Crippen LogP contribution in [-0.4, -0.2) is 20.8 Å². The molecule has 0 atom stereocenters. The normalized spacial score (nSPS) is 10.6. The molecule has 0 aliphatic carbocycles. The molecule has 2 heterocycles. The number of thiazole rings is 1. The van der Waals surface area contributed by atoms with E-state index in [1.54, 1.807) is 29.2 Å². The number of anilines is 1. The van der Waals surface area contributed by atoms with Crippen LogP contribution < -0.4 is 10.6 Å². The third-order valence-electron chi connectivity index (χ3n) is 3.43. The van der Waals surface area contributed by atoms with Crippen LogP contribution in [0.4, 0.5) is 14.9 Å². The largest absolute Gasteiger partial charge is 0.331 e. The highest BCUT2D eigenvalue weighted by Gasteiger charge is 2.11. The number of rotatable bonds is 4. The van der Waals surface area contributed by atoms with Crippen LogP contribution in [0.25, 0.3) is 5.69 Å². The van der Waals surface area contributed by atoms with Gasteiger partial charge in [-0.05, 0) is 38.1 Å². The van der Waals surface area contributed by atoms with Crippen molar-refractivity contribution in [2.45, 2.75) is 20.4 Å². The summed E-state index contributed by atoms with van der Waals surface area (Å²) in [6, 6.07) is 5.46. The minimum atomic E-state index is -0.438. The molecular formula is C16H16FN5OS. The third kappa shape index (κ3) is 3.60. The zero-order valence-corrected chi connectivity index (χ0v) is 14.0. The fourth-order valence-corrected chi connectivity index (χ4v) is 3.03. The highest BCUT2D eigenvalue weighted by atomic mass is 32.1. The van der Waals surface area contributed by atoms with E-state index in [0.29, 0.717) is 17.9 Å². The second kappa shape index (κ2) is 6.79. The standard InChI is InChI=1S/C16H16FN5OS/c1-10-11(2)24-15(20-10)9-18-16(23)21-13-8-12(17)4-5-14(13)22-7-3-6-19-22/h3-8H,9H2,1-2H3,(H2,18,21,23). The molecule has 0 saturated heterocycles. The lowest BCUT2D eigenvalue weighted by atomic mass is 10.2. The predicted molar refractivity (Wildman–Crippen MR) is 91.0 cm³/mol. The van der Waals surface area contributed by atoms with Crippen molar-refractivity contribution in [1.29, 1.82) is 0 Å². The van der Waals surface area contributed by atoms with Crippen molar-refractivity contribution in [2.75, 3.05) is 5.32 Å². The SMILES string of the molecule is Cc1nc(CNC(=O)Nc2cc(F)ccc2-n2cccn2)sc1C. The second-order valence-electron chi connectivity index (χ2n) is 5.17.